The van der Waals surface area contributed by atoms with E-state index in [-0.39, 0.29) is 18.9 Å². The number of unbranched alkanes of at least 4 members (excludes halogenated alkanes) is 28. The lowest BCUT2D eigenvalue weighted by Gasteiger charge is -2.28. The number of aliphatic hydroxyl groups excluding tert-OH is 2. The highest BCUT2D eigenvalue weighted by atomic mass is 31.2. The monoisotopic (exact) mass is 1070 g/mol. The van der Waals surface area contributed by atoms with Crippen LogP contribution in [0.25, 0.3) is 0 Å². The van der Waals surface area contributed by atoms with E-state index in [4.69, 9.17) is 9.05 Å². The molecule has 4 atom stereocenters. The molecule has 436 valence electrons. The van der Waals surface area contributed by atoms with Gasteiger partial charge < -0.3 is 24.9 Å². The lowest BCUT2D eigenvalue weighted by molar-refractivity contribution is -0.870. The summed E-state index contributed by atoms with van der Waals surface area (Å²) in [5.41, 5.74) is 0. The van der Waals surface area contributed by atoms with E-state index in [1.54, 1.807) is 0 Å². The summed E-state index contributed by atoms with van der Waals surface area (Å²) in [7, 11) is 1.41. The number of hydrogen-bond acceptors (Lipinski definition) is 6. The van der Waals surface area contributed by atoms with E-state index in [0.29, 0.717) is 23.9 Å². The molecule has 0 aliphatic carbocycles. The minimum atomic E-state index is -4.43. The molecule has 10 heteroatoms. The van der Waals surface area contributed by atoms with Gasteiger partial charge in [0.1, 0.15) is 19.3 Å². The Morgan fingerprint density at radius 1 is 0.480 bits per heavy atom. The van der Waals surface area contributed by atoms with Crippen molar-refractivity contribution in [2.45, 2.75) is 283 Å². The van der Waals surface area contributed by atoms with Gasteiger partial charge in [-0.15, -0.1) is 0 Å². The highest BCUT2D eigenvalue weighted by Gasteiger charge is 2.32. The first-order valence-electron chi connectivity index (χ1n) is 31.0. The maximum Gasteiger partial charge on any atom is 0.472 e. The fourth-order valence-electron chi connectivity index (χ4n) is 8.83. The topological polar surface area (TPSA) is 125 Å². The number of allylic oxidation sites excluding steroid dienone is 14. The molecule has 0 aromatic heterocycles. The number of nitrogens with one attached hydrogen (secondary N) is 1. The molecule has 4 unspecified atom stereocenters. The number of nitrogens with zero attached hydrogens (tertiary/aromatic N) is 1. The Balaban J connectivity index is 3.98. The number of phosphoric acid groups is 1. The van der Waals surface area contributed by atoms with Crippen molar-refractivity contribution in [2.24, 2.45) is 0 Å². The standard InChI is InChI=1S/C65H119N2O7P/c1-6-8-10-12-14-16-18-20-21-22-23-24-25-26-27-28-29-30-31-32-33-34-35-36-37-38-39-40-41-42-43-44-45-46-48-50-52-54-56-58-64(69)66-62(61-74-75(71,72)73-60-59-67(3,4)5)65(70)63(68)57-55-53-51-49-47-19-17-15-13-11-9-7-2/h8,10,14-17,20-21,23-24,26-27,49,51,62-63,65,68,70H,6-7,9,11-13,18-19,22,25,28-48,50,52-61H2,1-5H3,(H-,66,69,71,72)/p+1/b10-8-,16-14-,17-15+,21-20-,24-23-,27-26-,51-49+. The van der Waals surface area contributed by atoms with Crippen LogP contribution in [-0.4, -0.2) is 84.6 Å². The average Bonchev–Trinajstić information content (AvgIpc) is 3.37. The molecular weight excluding hydrogens is 952 g/mol. The second kappa shape index (κ2) is 55.0. The molecular formula is C65H120N2O7P+. The molecule has 0 spiro atoms. The SMILES string of the molecule is CC/C=C\C/C=C\C/C=C\C/C=C\C/C=C\CCCCCCCCCCCCCCCCCCCCCCCCCC(=O)NC(COP(=O)(O)OCC[N+](C)(C)C)C(O)C(O)CCC/C=C/CC/C=C/CCCCC. The van der Waals surface area contributed by atoms with Crippen molar-refractivity contribution in [2.75, 3.05) is 40.9 Å². The van der Waals surface area contributed by atoms with Crippen LogP contribution < -0.4 is 5.32 Å². The molecule has 0 heterocycles. The maximum atomic E-state index is 13.0. The number of hydrogen-bond donors (Lipinski definition) is 4. The summed E-state index contributed by atoms with van der Waals surface area (Å²) in [6.45, 7) is 4.44. The van der Waals surface area contributed by atoms with E-state index in [1.807, 2.05) is 21.1 Å². The Morgan fingerprint density at radius 2 is 0.840 bits per heavy atom. The van der Waals surface area contributed by atoms with Gasteiger partial charge in [0, 0.05) is 6.42 Å². The predicted molar refractivity (Wildman–Crippen MR) is 324 cm³/mol. The van der Waals surface area contributed by atoms with E-state index in [9.17, 15) is 24.5 Å². The highest BCUT2D eigenvalue weighted by Crippen LogP contribution is 2.43. The van der Waals surface area contributed by atoms with Gasteiger partial charge in [0.05, 0.1) is 39.9 Å². The molecule has 0 aromatic rings. The van der Waals surface area contributed by atoms with Gasteiger partial charge in [0.2, 0.25) is 5.91 Å². The van der Waals surface area contributed by atoms with Crippen LogP contribution in [0.15, 0.2) is 85.1 Å². The zero-order valence-corrected chi connectivity index (χ0v) is 50.3. The van der Waals surface area contributed by atoms with Gasteiger partial charge in [0.25, 0.3) is 0 Å². The minimum Gasteiger partial charge on any atom is -0.390 e. The number of rotatable bonds is 56. The predicted octanol–water partition coefficient (Wildman–Crippen LogP) is 18.2. The number of likely N-dealkylation sites (N-methyl/N-ethyl adjacent to an activating group) is 1. The van der Waals surface area contributed by atoms with E-state index < -0.39 is 32.7 Å². The highest BCUT2D eigenvalue weighted by molar-refractivity contribution is 7.47. The molecule has 4 N–H and O–H groups in total. The van der Waals surface area contributed by atoms with Gasteiger partial charge in [-0.1, -0.05) is 247 Å². The lowest BCUT2D eigenvalue weighted by Crippen LogP contribution is -2.51. The minimum absolute atomic E-state index is 0.0128. The van der Waals surface area contributed by atoms with Gasteiger partial charge in [-0.25, -0.2) is 4.57 Å². The van der Waals surface area contributed by atoms with Crippen molar-refractivity contribution >= 4 is 13.7 Å². The molecule has 0 rings (SSSR count). The van der Waals surface area contributed by atoms with E-state index in [2.05, 4.69) is 104 Å². The van der Waals surface area contributed by atoms with E-state index in [1.165, 1.54) is 154 Å². The van der Waals surface area contributed by atoms with Crippen LogP contribution in [0.3, 0.4) is 0 Å². The summed E-state index contributed by atoms with van der Waals surface area (Å²) in [5, 5.41) is 24.8. The molecule has 0 aliphatic rings. The fourth-order valence-corrected chi connectivity index (χ4v) is 9.57. The lowest BCUT2D eigenvalue weighted by atomic mass is 10.0. The summed E-state index contributed by atoms with van der Waals surface area (Å²) in [5.74, 6) is -0.271. The van der Waals surface area contributed by atoms with Crippen molar-refractivity contribution in [3.05, 3.63) is 85.1 Å². The Kier molecular flexibility index (Phi) is 53.2. The van der Waals surface area contributed by atoms with Gasteiger partial charge in [-0.3, -0.25) is 13.8 Å². The van der Waals surface area contributed by atoms with Crippen molar-refractivity contribution < 1.29 is 38.0 Å². The molecule has 0 saturated heterocycles. The first kappa shape index (κ1) is 72.6. The molecule has 0 saturated carbocycles. The zero-order valence-electron chi connectivity index (χ0n) is 49.4. The van der Waals surface area contributed by atoms with Crippen molar-refractivity contribution in [3.63, 3.8) is 0 Å². The van der Waals surface area contributed by atoms with Crippen LogP contribution in [0, 0.1) is 0 Å². The summed E-state index contributed by atoms with van der Waals surface area (Å²) < 4.78 is 23.6. The number of amides is 1. The van der Waals surface area contributed by atoms with Crippen LogP contribution in [0.2, 0.25) is 0 Å². The molecule has 1 amide bonds. The van der Waals surface area contributed by atoms with Crippen LogP contribution in [0.4, 0.5) is 0 Å². The van der Waals surface area contributed by atoms with Gasteiger partial charge >= 0.3 is 7.82 Å². The smallest absolute Gasteiger partial charge is 0.390 e. The Labute approximate surface area is 463 Å². The Morgan fingerprint density at radius 3 is 1.27 bits per heavy atom. The zero-order chi connectivity index (χ0) is 55.0. The van der Waals surface area contributed by atoms with Gasteiger partial charge in [-0.2, -0.15) is 0 Å². The first-order chi connectivity index (χ1) is 36.4. The molecule has 0 bridgehead atoms. The third kappa shape index (κ3) is 56.2. The molecule has 75 heavy (non-hydrogen) atoms. The molecule has 0 radical (unpaired) electrons. The summed E-state index contributed by atoms with van der Waals surface area (Å²) in [4.78, 5) is 23.3. The quantitative estimate of drug-likeness (QED) is 0.0207. The van der Waals surface area contributed by atoms with E-state index in [0.717, 1.165) is 77.0 Å². The third-order valence-corrected chi connectivity index (χ3v) is 14.7. The van der Waals surface area contributed by atoms with Crippen molar-refractivity contribution in [1.29, 1.82) is 0 Å². The second-order valence-corrected chi connectivity index (χ2v) is 23.6. The second-order valence-electron chi connectivity index (χ2n) is 22.2. The Bertz CT molecular complexity index is 1510. The fraction of sp³-hybridized carbons (Fsp3) is 0.769. The number of carbonyl (C=O) groups excluding carboxylic acids is 1. The number of aliphatic hydroxyl groups is 2. The summed E-state index contributed by atoms with van der Waals surface area (Å²) in [6, 6.07) is -1.06. The van der Waals surface area contributed by atoms with E-state index >= 15 is 0 Å². The molecule has 0 fully saturated rings. The third-order valence-electron chi connectivity index (χ3n) is 13.7. The number of phosphoric ester groups is 1. The average molecular weight is 1070 g/mol. The summed E-state index contributed by atoms with van der Waals surface area (Å²) >= 11 is 0. The van der Waals surface area contributed by atoms with Gasteiger partial charge in [-0.05, 0) is 96.3 Å². The molecule has 9 nitrogen and oxygen atoms in total. The maximum absolute atomic E-state index is 13.0. The number of carbonyl (C=O) groups is 1. The van der Waals surface area contributed by atoms with Crippen LogP contribution >= 0.6 is 7.82 Å². The first-order valence-corrected chi connectivity index (χ1v) is 32.5. The largest absolute Gasteiger partial charge is 0.472 e. The normalized spacial score (nSPS) is 14.8. The molecule has 0 aliphatic heterocycles. The van der Waals surface area contributed by atoms with Crippen LogP contribution in [0.1, 0.15) is 264 Å². The number of quaternary nitrogens is 1. The van der Waals surface area contributed by atoms with Crippen LogP contribution in [0.5, 0.6) is 0 Å². The molecule has 0 aromatic carbocycles. The van der Waals surface area contributed by atoms with Crippen molar-refractivity contribution in [3.8, 4) is 0 Å². The Hall–Kier alpha value is -2.36. The summed E-state index contributed by atoms with van der Waals surface area (Å²) in [6.07, 6.45) is 74.3. The van der Waals surface area contributed by atoms with Gasteiger partial charge in [0.15, 0.2) is 0 Å². The van der Waals surface area contributed by atoms with Crippen LogP contribution in [-0.2, 0) is 18.4 Å². The van der Waals surface area contributed by atoms with Crippen molar-refractivity contribution in [1.82, 2.24) is 5.32 Å².